The third kappa shape index (κ3) is 4.13. The van der Waals surface area contributed by atoms with E-state index in [2.05, 4.69) is 48.7 Å². The van der Waals surface area contributed by atoms with Crippen LogP contribution in [0.5, 0.6) is 0 Å². The lowest BCUT2D eigenvalue weighted by molar-refractivity contribution is 0.247. The maximum atomic E-state index is 13.4. The molecule has 180 valence electrons. The number of aliphatic hydroxyl groups excluding tert-OH is 1. The number of benzene rings is 1. The maximum Gasteiger partial charge on any atom is 0.161 e. The summed E-state index contributed by atoms with van der Waals surface area (Å²) >= 11 is 0. The number of nitrogens with one attached hydrogen (secondary N) is 1. The number of rotatable bonds is 6. The van der Waals surface area contributed by atoms with E-state index < -0.39 is 0 Å². The Bertz CT molecular complexity index is 1340. The first-order valence-electron chi connectivity index (χ1n) is 12.2. The van der Waals surface area contributed by atoms with Crippen LogP contribution < -0.4 is 10.2 Å². The number of aromatic nitrogens is 4. The molecule has 0 saturated carbocycles. The van der Waals surface area contributed by atoms with Crippen LogP contribution in [-0.2, 0) is 6.54 Å². The fourth-order valence-corrected chi connectivity index (χ4v) is 5.11. The largest absolute Gasteiger partial charge is 0.395 e. The quantitative estimate of drug-likeness (QED) is 0.394. The van der Waals surface area contributed by atoms with Gasteiger partial charge in [-0.05, 0) is 55.2 Å². The lowest BCUT2D eigenvalue weighted by atomic mass is 10.1. The Morgan fingerprint density at radius 2 is 2.03 bits per heavy atom. The Hall–Kier alpha value is -3.49. The summed E-state index contributed by atoms with van der Waals surface area (Å²) in [5, 5.41) is 12.7. The fraction of sp³-hybridized carbons (Fsp3) is 0.333. The van der Waals surface area contributed by atoms with E-state index >= 15 is 0 Å². The fourth-order valence-electron chi connectivity index (χ4n) is 5.11. The molecule has 2 aliphatic rings. The standard InChI is InChI=1S/C27H29FN6O/c1-18(17-35)30-13-19-8-10-32(14-19)26-7-6-24-23(31-26)16-33-15-21(20-2-4-22(28)5-3-20)12-25(33)27-29-9-11-34(24)27/h2-7,9,11-12,15,18-19,30,35H,8,10,13-14,16-17H2,1H3/t18-,19+/m0/s1. The zero-order chi connectivity index (χ0) is 23.9. The summed E-state index contributed by atoms with van der Waals surface area (Å²) in [5.74, 6) is 2.17. The second-order valence-corrected chi connectivity index (χ2v) is 9.60. The van der Waals surface area contributed by atoms with E-state index in [1.807, 2.05) is 19.3 Å². The first kappa shape index (κ1) is 22.0. The predicted molar refractivity (Wildman–Crippen MR) is 134 cm³/mol. The molecule has 2 atom stereocenters. The molecule has 1 aromatic carbocycles. The van der Waals surface area contributed by atoms with Crippen molar-refractivity contribution in [3.8, 4) is 28.3 Å². The minimum Gasteiger partial charge on any atom is -0.395 e. The van der Waals surface area contributed by atoms with Gasteiger partial charge in [0.05, 0.1) is 30.2 Å². The Balaban J connectivity index is 1.30. The lowest BCUT2D eigenvalue weighted by Gasteiger charge is -2.20. The van der Waals surface area contributed by atoms with Crippen molar-refractivity contribution in [2.24, 2.45) is 5.92 Å². The van der Waals surface area contributed by atoms with Crippen molar-refractivity contribution >= 4 is 5.82 Å². The molecule has 6 rings (SSSR count). The second kappa shape index (κ2) is 8.94. The highest BCUT2D eigenvalue weighted by Gasteiger charge is 2.26. The molecule has 0 unspecified atom stereocenters. The van der Waals surface area contributed by atoms with Gasteiger partial charge in [-0.25, -0.2) is 14.4 Å². The number of fused-ring (bicyclic) bond motifs is 5. The van der Waals surface area contributed by atoms with Crippen LogP contribution in [0.25, 0.3) is 28.3 Å². The van der Waals surface area contributed by atoms with Gasteiger partial charge in [0, 0.05) is 49.8 Å². The molecule has 35 heavy (non-hydrogen) atoms. The number of anilines is 1. The highest BCUT2D eigenvalue weighted by atomic mass is 19.1. The number of pyridine rings is 1. The van der Waals surface area contributed by atoms with Gasteiger partial charge in [0.15, 0.2) is 5.82 Å². The Morgan fingerprint density at radius 3 is 2.86 bits per heavy atom. The summed E-state index contributed by atoms with van der Waals surface area (Å²) < 4.78 is 17.7. The molecule has 2 aliphatic heterocycles. The van der Waals surface area contributed by atoms with Gasteiger partial charge in [-0.3, -0.25) is 4.57 Å². The third-order valence-corrected chi connectivity index (χ3v) is 7.10. The van der Waals surface area contributed by atoms with Crippen LogP contribution in [0.3, 0.4) is 0 Å². The molecule has 0 aliphatic carbocycles. The Morgan fingerprint density at radius 1 is 1.17 bits per heavy atom. The molecular weight excluding hydrogens is 443 g/mol. The van der Waals surface area contributed by atoms with Gasteiger partial charge >= 0.3 is 0 Å². The van der Waals surface area contributed by atoms with E-state index in [0.29, 0.717) is 12.5 Å². The highest BCUT2D eigenvalue weighted by molar-refractivity contribution is 5.71. The van der Waals surface area contributed by atoms with Crippen LogP contribution in [-0.4, -0.2) is 56.5 Å². The number of nitrogens with zero attached hydrogens (tertiary/aromatic N) is 5. The van der Waals surface area contributed by atoms with Gasteiger partial charge in [0.1, 0.15) is 11.6 Å². The van der Waals surface area contributed by atoms with Crippen LogP contribution in [0.15, 0.2) is 61.1 Å². The molecule has 0 amide bonds. The number of imidazole rings is 1. The number of aliphatic hydroxyl groups is 1. The van der Waals surface area contributed by atoms with E-state index in [0.717, 1.165) is 65.9 Å². The Kier molecular flexibility index (Phi) is 5.62. The van der Waals surface area contributed by atoms with Crippen molar-refractivity contribution in [1.82, 2.24) is 24.4 Å². The minimum atomic E-state index is -0.237. The summed E-state index contributed by atoms with van der Waals surface area (Å²) in [4.78, 5) is 12.1. The summed E-state index contributed by atoms with van der Waals surface area (Å²) in [7, 11) is 0. The van der Waals surface area contributed by atoms with Crippen molar-refractivity contribution in [2.75, 3.05) is 31.1 Å². The molecule has 2 N–H and O–H groups in total. The third-order valence-electron chi connectivity index (χ3n) is 7.10. The molecule has 0 spiro atoms. The summed E-state index contributed by atoms with van der Waals surface area (Å²) in [6.45, 7) is 5.63. The topological polar surface area (TPSA) is 71.1 Å². The number of halogens is 1. The SMILES string of the molecule is C[C@@H](CO)NC[C@H]1CCN(c2ccc3c(n2)Cn2cc(-c4ccc(F)cc4)cc2-c2nccn2-3)C1. The van der Waals surface area contributed by atoms with Gasteiger partial charge in [-0.2, -0.15) is 0 Å². The summed E-state index contributed by atoms with van der Waals surface area (Å²) in [6, 6.07) is 13.1. The van der Waals surface area contributed by atoms with Crippen molar-refractivity contribution in [2.45, 2.75) is 25.9 Å². The zero-order valence-corrected chi connectivity index (χ0v) is 19.7. The normalized spacial score (nSPS) is 17.6. The van der Waals surface area contributed by atoms with Gasteiger partial charge in [-0.15, -0.1) is 0 Å². The van der Waals surface area contributed by atoms with E-state index in [-0.39, 0.29) is 18.5 Å². The molecule has 8 heteroatoms. The van der Waals surface area contributed by atoms with Crippen LogP contribution in [0.1, 0.15) is 19.0 Å². The monoisotopic (exact) mass is 472 g/mol. The molecule has 1 saturated heterocycles. The number of hydrogen-bond acceptors (Lipinski definition) is 5. The predicted octanol–water partition coefficient (Wildman–Crippen LogP) is 3.70. The van der Waals surface area contributed by atoms with E-state index in [4.69, 9.17) is 4.98 Å². The minimum absolute atomic E-state index is 0.120. The molecule has 1 fully saturated rings. The van der Waals surface area contributed by atoms with Crippen LogP contribution in [0, 0.1) is 11.7 Å². The average molecular weight is 473 g/mol. The molecule has 5 heterocycles. The van der Waals surface area contributed by atoms with E-state index in [1.165, 1.54) is 12.1 Å². The lowest BCUT2D eigenvalue weighted by Crippen LogP contribution is -2.34. The molecule has 4 aromatic rings. The molecule has 0 radical (unpaired) electrons. The van der Waals surface area contributed by atoms with E-state index in [9.17, 15) is 9.50 Å². The van der Waals surface area contributed by atoms with Gasteiger partial charge in [0.2, 0.25) is 0 Å². The molecular formula is C27H29FN6O. The Labute approximate surface area is 203 Å². The first-order chi connectivity index (χ1) is 17.1. The summed E-state index contributed by atoms with van der Waals surface area (Å²) in [6.07, 6.45) is 7.01. The van der Waals surface area contributed by atoms with Crippen molar-refractivity contribution in [3.63, 3.8) is 0 Å². The van der Waals surface area contributed by atoms with E-state index in [1.54, 1.807) is 12.1 Å². The second-order valence-electron chi connectivity index (χ2n) is 9.60. The van der Waals surface area contributed by atoms with Crippen molar-refractivity contribution in [3.05, 3.63) is 72.6 Å². The van der Waals surface area contributed by atoms with Gasteiger partial charge < -0.3 is 19.9 Å². The summed E-state index contributed by atoms with van der Waals surface area (Å²) in [5.41, 5.74) is 5.05. The smallest absolute Gasteiger partial charge is 0.161 e. The van der Waals surface area contributed by atoms with Gasteiger partial charge in [-0.1, -0.05) is 12.1 Å². The van der Waals surface area contributed by atoms with Crippen LogP contribution in [0.4, 0.5) is 10.2 Å². The molecule has 0 bridgehead atoms. The number of hydrogen-bond donors (Lipinski definition) is 2. The zero-order valence-electron chi connectivity index (χ0n) is 19.7. The molecule has 7 nitrogen and oxygen atoms in total. The van der Waals surface area contributed by atoms with Crippen molar-refractivity contribution < 1.29 is 9.50 Å². The average Bonchev–Trinajstić information content (AvgIpc) is 3.62. The van der Waals surface area contributed by atoms with Crippen LogP contribution >= 0.6 is 0 Å². The highest BCUT2D eigenvalue weighted by Crippen LogP contribution is 2.34. The first-order valence-corrected chi connectivity index (χ1v) is 12.2. The maximum absolute atomic E-state index is 13.4. The molecule has 3 aromatic heterocycles. The van der Waals surface area contributed by atoms with Crippen LogP contribution in [0.2, 0.25) is 0 Å². The van der Waals surface area contributed by atoms with Gasteiger partial charge in [0.25, 0.3) is 0 Å². The van der Waals surface area contributed by atoms with Crippen molar-refractivity contribution in [1.29, 1.82) is 0 Å².